The van der Waals surface area contributed by atoms with E-state index in [1.54, 1.807) is 7.11 Å². The highest BCUT2D eigenvalue weighted by Crippen LogP contribution is 2.59. The molecule has 4 unspecified atom stereocenters. The second kappa shape index (κ2) is 12.6. The van der Waals surface area contributed by atoms with Gasteiger partial charge in [-0.2, -0.15) is 0 Å². The number of alkyl halides is 1. The Balaban J connectivity index is 1.40. The maximum absolute atomic E-state index is 12.6. The molecule has 0 aromatic heterocycles. The highest BCUT2D eigenvalue weighted by Gasteiger charge is 2.72. The number of unbranched alkanes of at least 4 members (excludes halogenated alkanes) is 4. The number of rotatable bonds is 15. The molecule has 2 saturated heterocycles. The van der Waals surface area contributed by atoms with Crippen molar-refractivity contribution in [1.82, 2.24) is 5.32 Å². The Morgan fingerprint density at radius 3 is 2.51 bits per heavy atom. The molecule has 1 saturated carbocycles. The molecule has 0 aromatic carbocycles. The van der Waals surface area contributed by atoms with Crippen LogP contribution in [0, 0.1) is 5.92 Å². The minimum Gasteiger partial charge on any atom is -0.460 e. The van der Waals surface area contributed by atoms with Crippen molar-refractivity contribution in [2.45, 2.75) is 114 Å². The van der Waals surface area contributed by atoms with Crippen molar-refractivity contribution >= 4 is 11.9 Å². The van der Waals surface area contributed by atoms with Crippen LogP contribution in [0.2, 0.25) is 0 Å². The monoisotopic (exact) mass is 497 g/mol. The first kappa shape index (κ1) is 28.1. The summed E-state index contributed by atoms with van der Waals surface area (Å²) in [5, 5.41) is 2.71. The number of hydrogen-bond acceptors (Lipinski definition) is 6. The van der Waals surface area contributed by atoms with Crippen molar-refractivity contribution in [3.8, 4) is 0 Å². The van der Waals surface area contributed by atoms with Gasteiger partial charge in [-0.3, -0.25) is 14.0 Å². The number of carbonyl (C=O) groups is 2. The Labute approximate surface area is 209 Å². The first-order chi connectivity index (χ1) is 16.8. The van der Waals surface area contributed by atoms with Gasteiger partial charge in [-0.1, -0.05) is 30.9 Å². The minimum absolute atomic E-state index is 0.0347. The quantitative estimate of drug-likeness (QED) is 0.156. The second-order valence-electron chi connectivity index (χ2n) is 10.7. The van der Waals surface area contributed by atoms with Crippen LogP contribution in [-0.2, 0) is 28.5 Å². The van der Waals surface area contributed by atoms with E-state index >= 15 is 0 Å². The lowest BCUT2D eigenvalue weighted by Crippen LogP contribution is -2.55. The number of carbonyl (C=O) groups excluding carboxylic acids is 2. The summed E-state index contributed by atoms with van der Waals surface area (Å²) in [7, 11) is 1.69. The predicted octanol–water partition coefficient (Wildman–Crippen LogP) is 4.42. The van der Waals surface area contributed by atoms with Gasteiger partial charge in [0.05, 0.1) is 31.7 Å². The average molecular weight is 498 g/mol. The lowest BCUT2D eigenvalue weighted by molar-refractivity contribution is -0.172. The summed E-state index contributed by atoms with van der Waals surface area (Å²) >= 11 is 0. The summed E-state index contributed by atoms with van der Waals surface area (Å²) in [5.74, 6) is -0.378. The highest BCUT2D eigenvalue weighted by molar-refractivity contribution is 5.75. The Morgan fingerprint density at radius 1 is 1.14 bits per heavy atom. The molecule has 0 aromatic rings. The van der Waals surface area contributed by atoms with Gasteiger partial charge in [0.1, 0.15) is 23.4 Å². The number of amides is 1. The van der Waals surface area contributed by atoms with E-state index in [-0.39, 0.29) is 53.7 Å². The van der Waals surface area contributed by atoms with Crippen LogP contribution in [0.25, 0.3) is 0 Å². The summed E-state index contributed by atoms with van der Waals surface area (Å²) < 4.78 is 36.1. The van der Waals surface area contributed by atoms with Gasteiger partial charge in [-0.25, -0.2) is 0 Å². The Kier molecular flexibility index (Phi) is 10.1. The smallest absolute Gasteiger partial charge is 0.306 e. The lowest BCUT2D eigenvalue weighted by atomic mass is 9.68. The van der Waals surface area contributed by atoms with Crippen molar-refractivity contribution in [3.63, 3.8) is 0 Å². The molecule has 8 heteroatoms. The van der Waals surface area contributed by atoms with E-state index in [9.17, 15) is 14.0 Å². The molecule has 3 fully saturated rings. The molecule has 0 radical (unpaired) electrons. The van der Waals surface area contributed by atoms with E-state index in [2.05, 4.69) is 32.2 Å². The molecular weight excluding hydrogens is 453 g/mol. The van der Waals surface area contributed by atoms with Crippen molar-refractivity contribution in [1.29, 1.82) is 0 Å². The SMILES string of the molecule is COC1C(OC(=O)CCCCCCCNC(=O)CCF)CC[C@]2(CO2)C1C1(C)O[C@@H]1CC=C(C)C. The zero-order valence-electron chi connectivity index (χ0n) is 21.9. The van der Waals surface area contributed by atoms with E-state index in [0.717, 1.165) is 51.4 Å². The zero-order valence-corrected chi connectivity index (χ0v) is 21.9. The van der Waals surface area contributed by atoms with E-state index in [0.29, 0.717) is 19.6 Å². The summed E-state index contributed by atoms with van der Waals surface area (Å²) in [6, 6.07) is 0. The Hall–Kier alpha value is -1.51. The molecule has 1 amide bonds. The van der Waals surface area contributed by atoms with Crippen LogP contribution in [0.5, 0.6) is 0 Å². The van der Waals surface area contributed by atoms with Crippen LogP contribution < -0.4 is 5.32 Å². The lowest BCUT2D eigenvalue weighted by Gasteiger charge is -2.42. The van der Waals surface area contributed by atoms with Gasteiger partial charge in [0.25, 0.3) is 0 Å². The third kappa shape index (κ3) is 7.49. The minimum atomic E-state index is -0.618. The third-order valence-electron chi connectivity index (χ3n) is 7.72. The fourth-order valence-corrected chi connectivity index (χ4v) is 5.62. The van der Waals surface area contributed by atoms with E-state index in [1.165, 1.54) is 5.57 Å². The van der Waals surface area contributed by atoms with Crippen LogP contribution in [0.15, 0.2) is 11.6 Å². The second-order valence-corrected chi connectivity index (χ2v) is 10.7. The van der Waals surface area contributed by atoms with Crippen LogP contribution >= 0.6 is 0 Å². The number of halogens is 1. The fraction of sp³-hybridized carbons (Fsp3) is 0.852. The van der Waals surface area contributed by atoms with Gasteiger partial charge in [0.15, 0.2) is 0 Å². The molecule has 2 heterocycles. The third-order valence-corrected chi connectivity index (χ3v) is 7.72. The predicted molar refractivity (Wildman–Crippen MR) is 131 cm³/mol. The van der Waals surface area contributed by atoms with Crippen LogP contribution in [0.3, 0.4) is 0 Å². The number of nitrogens with one attached hydrogen (secondary N) is 1. The van der Waals surface area contributed by atoms with Crippen LogP contribution in [0.4, 0.5) is 4.39 Å². The van der Waals surface area contributed by atoms with E-state index in [4.69, 9.17) is 18.9 Å². The first-order valence-electron chi connectivity index (χ1n) is 13.3. The van der Waals surface area contributed by atoms with E-state index < -0.39 is 6.67 Å². The van der Waals surface area contributed by atoms with Gasteiger partial charge in [-0.05, 0) is 52.9 Å². The maximum atomic E-state index is 12.6. The number of allylic oxidation sites excluding steroid dienone is 1. The Morgan fingerprint density at radius 2 is 1.86 bits per heavy atom. The zero-order chi connectivity index (χ0) is 25.5. The van der Waals surface area contributed by atoms with Gasteiger partial charge >= 0.3 is 5.97 Å². The summed E-state index contributed by atoms with van der Waals surface area (Å²) in [5.41, 5.74) is 0.725. The molecule has 7 nitrogen and oxygen atoms in total. The number of methoxy groups -OCH3 is 1. The van der Waals surface area contributed by atoms with Crippen molar-refractivity contribution < 1.29 is 32.9 Å². The van der Waals surface area contributed by atoms with Crippen molar-refractivity contribution in [2.24, 2.45) is 5.92 Å². The molecule has 1 N–H and O–H groups in total. The highest BCUT2D eigenvalue weighted by atomic mass is 19.1. The molecule has 1 spiro atoms. The number of hydrogen-bond donors (Lipinski definition) is 1. The molecule has 3 rings (SSSR count). The van der Waals surface area contributed by atoms with Gasteiger partial charge in [0, 0.05) is 20.1 Å². The van der Waals surface area contributed by atoms with Gasteiger partial charge in [0.2, 0.25) is 5.91 Å². The number of ether oxygens (including phenoxy) is 4. The normalized spacial score (nSPS) is 33.3. The van der Waals surface area contributed by atoms with Crippen molar-refractivity contribution in [2.75, 3.05) is 26.9 Å². The fourth-order valence-electron chi connectivity index (χ4n) is 5.62. The van der Waals surface area contributed by atoms with Crippen LogP contribution in [0.1, 0.15) is 85.0 Å². The van der Waals surface area contributed by atoms with Crippen molar-refractivity contribution in [3.05, 3.63) is 11.6 Å². The Bertz CT molecular complexity index is 750. The van der Waals surface area contributed by atoms with E-state index in [1.807, 2.05) is 0 Å². The molecule has 3 aliphatic rings. The number of epoxide rings is 2. The van der Waals surface area contributed by atoms with Gasteiger partial charge < -0.3 is 24.3 Å². The standard InChI is InChI=1S/C27H44FNO6/c1-19(2)11-12-21-26(3,35-21)25-24(32-4)20(13-15-27(25)18-33-27)34-23(31)10-8-6-5-7-9-17-29-22(30)14-16-28/h11,20-21,24-25H,5-10,12-18H2,1-4H3,(H,29,30)/t20?,21-,24?,25?,26?,27+/m1/s1. The molecule has 200 valence electrons. The molecular formula is C27H44FNO6. The van der Waals surface area contributed by atoms with Crippen LogP contribution in [-0.4, -0.2) is 68.3 Å². The molecule has 1 aliphatic carbocycles. The summed E-state index contributed by atoms with van der Waals surface area (Å²) in [6.45, 7) is 7.00. The average Bonchev–Trinajstić information content (AvgIpc) is 3.72. The molecule has 6 atom stereocenters. The largest absolute Gasteiger partial charge is 0.460 e. The molecule has 35 heavy (non-hydrogen) atoms. The summed E-state index contributed by atoms with van der Waals surface area (Å²) in [4.78, 5) is 23.8. The molecule has 0 bridgehead atoms. The molecule has 2 aliphatic heterocycles. The maximum Gasteiger partial charge on any atom is 0.306 e. The first-order valence-corrected chi connectivity index (χ1v) is 13.3. The van der Waals surface area contributed by atoms with Gasteiger partial charge in [-0.15, -0.1) is 0 Å². The summed E-state index contributed by atoms with van der Waals surface area (Å²) in [6.07, 6.45) is 9.13. The number of esters is 1. The topological polar surface area (TPSA) is 89.7 Å².